The zero-order valence-electron chi connectivity index (χ0n) is 11.6. The van der Waals surface area contributed by atoms with Crippen molar-refractivity contribution in [2.75, 3.05) is 6.54 Å². The van der Waals surface area contributed by atoms with Gasteiger partial charge in [-0.25, -0.2) is 13.1 Å². The molecule has 0 fully saturated rings. The van der Waals surface area contributed by atoms with Gasteiger partial charge in [0.1, 0.15) is 0 Å². The van der Waals surface area contributed by atoms with Crippen LogP contribution in [0.25, 0.3) is 0 Å². The molecule has 118 valence electrons. The zero-order valence-corrected chi connectivity index (χ0v) is 14.0. The van der Waals surface area contributed by atoms with Gasteiger partial charge in [-0.2, -0.15) is 0 Å². The van der Waals surface area contributed by atoms with Crippen molar-refractivity contribution in [1.29, 1.82) is 0 Å². The lowest BCUT2D eigenvalue weighted by Gasteiger charge is -2.16. The van der Waals surface area contributed by atoms with Crippen LogP contribution in [-0.4, -0.2) is 25.9 Å². The Bertz CT molecular complexity index is 607. The Kier molecular flexibility index (Phi) is 6.72. The van der Waals surface area contributed by atoms with Crippen LogP contribution in [0.4, 0.5) is 5.69 Å². The summed E-state index contributed by atoms with van der Waals surface area (Å²) in [6.07, 6.45) is 2.47. The van der Waals surface area contributed by atoms with Crippen molar-refractivity contribution in [2.45, 2.75) is 37.1 Å². The van der Waals surface area contributed by atoms with E-state index in [1.54, 1.807) is 0 Å². The summed E-state index contributed by atoms with van der Waals surface area (Å²) in [5.74, 6) is 0. The normalized spacial score (nSPS) is 13.1. The van der Waals surface area contributed by atoms with Crippen LogP contribution in [-0.2, 0) is 10.0 Å². The van der Waals surface area contributed by atoms with E-state index in [1.165, 1.54) is 12.1 Å². The van der Waals surface area contributed by atoms with E-state index in [9.17, 15) is 18.5 Å². The molecule has 1 atom stereocenters. The summed E-state index contributed by atoms with van der Waals surface area (Å²) in [6.45, 7) is 2.21. The maximum atomic E-state index is 12.2. The van der Waals surface area contributed by atoms with E-state index in [0.717, 1.165) is 18.9 Å². The van der Waals surface area contributed by atoms with Crippen molar-refractivity contribution in [3.8, 4) is 0 Å². The largest absolute Gasteiger partial charge is 0.329 e. The molecule has 0 aliphatic heterocycles. The molecule has 0 radical (unpaired) electrons. The van der Waals surface area contributed by atoms with E-state index in [-0.39, 0.29) is 27.6 Å². The van der Waals surface area contributed by atoms with E-state index < -0.39 is 14.9 Å². The van der Waals surface area contributed by atoms with E-state index in [1.807, 2.05) is 6.92 Å². The molecule has 0 bridgehead atoms. The summed E-state index contributed by atoms with van der Waals surface area (Å²) in [5, 5.41) is 10.7. The molecular weight excluding hydrogens is 362 g/mol. The molecule has 1 aromatic rings. The van der Waals surface area contributed by atoms with Crippen molar-refractivity contribution in [3.63, 3.8) is 0 Å². The number of nitro benzene ring substituents is 1. The van der Waals surface area contributed by atoms with Gasteiger partial charge in [0.05, 0.1) is 14.3 Å². The summed E-state index contributed by atoms with van der Waals surface area (Å²) in [6, 6.07) is 3.23. The monoisotopic (exact) mass is 379 g/mol. The molecule has 0 spiro atoms. The van der Waals surface area contributed by atoms with Crippen LogP contribution < -0.4 is 10.5 Å². The number of hydrogen-bond donors (Lipinski definition) is 2. The van der Waals surface area contributed by atoms with Gasteiger partial charge in [0.2, 0.25) is 10.0 Å². The maximum absolute atomic E-state index is 12.2. The van der Waals surface area contributed by atoms with Crippen molar-refractivity contribution in [1.82, 2.24) is 4.72 Å². The van der Waals surface area contributed by atoms with Gasteiger partial charge in [-0.1, -0.05) is 19.8 Å². The summed E-state index contributed by atoms with van der Waals surface area (Å²) >= 11 is 3.01. The molecule has 0 aromatic heterocycles. The minimum absolute atomic E-state index is 0.0325. The van der Waals surface area contributed by atoms with Crippen molar-refractivity contribution < 1.29 is 13.3 Å². The molecule has 0 heterocycles. The smallest absolute Gasteiger partial charge is 0.283 e. The number of sulfonamides is 1. The molecule has 0 saturated heterocycles. The Morgan fingerprint density at radius 1 is 1.48 bits per heavy atom. The molecule has 7 nitrogen and oxygen atoms in total. The average Bonchev–Trinajstić information content (AvgIpc) is 2.42. The highest BCUT2D eigenvalue weighted by molar-refractivity contribution is 9.10. The molecule has 3 N–H and O–H groups in total. The van der Waals surface area contributed by atoms with Gasteiger partial charge < -0.3 is 5.73 Å². The first-order chi connectivity index (χ1) is 9.81. The number of benzene rings is 1. The highest BCUT2D eigenvalue weighted by Gasteiger charge is 2.22. The van der Waals surface area contributed by atoms with Crippen molar-refractivity contribution >= 4 is 31.6 Å². The van der Waals surface area contributed by atoms with Crippen molar-refractivity contribution in [3.05, 3.63) is 32.8 Å². The highest BCUT2D eigenvalue weighted by Crippen LogP contribution is 2.27. The fourth-order valence-electron chi connectivity index (χ4n) is 1.77. The van der Waals surface area contributed by atoms with Crippen LogP contribution in [0.3, 0.4) is 0 Å². The SMILES string of the molecule is CCCCC(CN)NS(=O)(=O)c1ccc([N+](=O)[O-])c(Br)c1. The summed E-state index contributed by atoms with van der Waals surface area (Å²) in [7, 11) is -3.75. The number of nitrogens with one attached hydrogen (secondary N) is 1. The van der Waals surface area contributed by atoms with Crippen LogP contribution in [0, 0.1) is 10.1 Å². The molecule has 0 aliphatic rings. The molecule has 0 aliphatic carbocycles. The maximum Gasteiger partial charge on any atom is 0.283 e. The number of nitrogens with two attached hydrogens (primary N) is 1. The molecule has 1 aromatic carbocycles. The number of halogens is 1. The second kappa shape index (κ2) is 7.83. The van der Waals surface area contributed by atoms with E-state index >= 15 is 0 Å². The number of hydrogen-bond acceptors (Lipinski definition) is 5. The summed E-state index contributed by atoms with van der Waals surface area (Å²) in [4.78, 5) is 10.1. The summed E-state index contributed by atoms with van der Waals surface area (Å²) in [5.41, 5.74) is 5.38. The minimum Gasteiger partial charge on any atom is -0.329 e. The first-order valence-electron chi connectivity index (χ1n) is 6.48. The Labute approximate surface area is 132 Å². The molecule has 0 saturated carbocycles. The molecule has 1 rings (SSSR count). The van der Waals surface area contributed by atoms with Gasteiger partial charge in [-0.15, -0.1) is 0 Å². The Morgan fingerprint density at radius 3 is 2.62 bits per heavy atom. The van der Waals surface area contributed by atoms with Gasteiger partial charge >= 0.3 is 0 Å². The lowest BCUT2D eigenvalue weighted by Crippen LogP contribution is -2.40. The van der Waals surface area contributed by atoms with Gasteiger partial charge in [0.25, 0.3) is 5.69 Å². The van der Waals surface area contributed by atoms with Crippen molar-refractivity contribution in [2.24, 2.45) is 5.73 Å². The average molecular weight is 380 g/mol. The van der Waals surface area contributed by atoms with Gasteiger partial charge in [-0.05, 0) is 34.5 Å². The Morgan fingerprint density at radius 2 is 2.14 bits per heavy atom. The van der Waals surface area contributed by atoms with Gasteiger partial charge in [-0.3, -0.25) is 10.1 Å². The second-order valence-corrected chi connectivity index (χ2v) is 7.13. The molecular formula is C12H18BrN3O4S. The molecule has 9 heteroatoms. The number of nitrogens with zero attached hydrogens (tertiary/aromatic N) is 1. The van der Waals surface area contributed by atoms with Gasteiger partial charge in [0, 0.05) is 18.7 Å². The third kappa shape index (κ3) is 5.03. The van der Waals surface area contributed by atoms with E-state index in [0.29, 0.717) is 6.42 Å². The molecule has 0 amide bonds. The van der Waals surface area contributed by atoms with Crippen LogP contribution in [0.2, 0.25) is 0 Å². The Hall–Kier alpha value is -1.03. The zero-order chi connectivity index (χ0) is 16.0. The van der Waals surface area contributed by atoms with E-state index in [2.05, 4.69) is 20.7 Å². The lowest BCUT2D eigenvalue weighted by atomic mass is 10.1. The third-order valence-corrected chi connectivity index (χ3v) is 5.09. The number of unbranched alkanes of at least 4 members (excludes halogenated alkanes) is 1. The van der Waals surface area contributed by atoms with Crippen LogP contribution in [0.1, 0.15) is 26.2 Å². The predicted octanol–water partition coefficient (Wildman–Crippen LogP) is 2.15. The topological polar surface area (TPSA) is 115 Å². The second-order valence-electron chi connectivity index (χ2n) is 4.57. The molecule has 1 unspecified atom stereocenters. The van der Waals surface area contributed by atoms with Crippen LogP contribution in [0.5, 0.6) is 0 Å². The quantitative estimate of drug-likeness (QED) is 0.530. The predicted molar refractivity (Wildman–Crippen MR) is 83.5 cm³/mol. The third-order valence-electron chi connectivity index (χ3n) is 2.94. The van der Waals surface area contributed by atoms with Crippen LogP contribution >= 0.6 is 15.9 Å². The standard InChI is InChI=1S/C12H18BrN3O4S/c1-2-3-4-9(8-14)15-21(19,20)10-5-6-12(16(17)18)11(13)7-10/h5-7,9,15H,2-4,8,14H2,1H3. The van der Waals surface area contributed by atoms with Crippen LogP contribution in [0.15, 0.2) is 27.6 Å². The number of rotatable bonds is 8. The first kappa shape index (κ1) is 18.0. The first-order valence-corrected chi connectivity index (χ1v) is 8.75. The Balaban J connectivity index is 2.97. The fourth-order valence-corrected chi connectivity index (χ4v) is 3.75. The minimum atomic E-state index is -3.75. The lowest BCUT2D eigenvalue weighted by molar-refractivity contribution is -0.385. The summed E-state index contributed by atoms with van der Waals surface area (Å²) < 4.78 is 27.1. The van der Waals surface area contributed by atoms with Gasteiger partial charge in [0.15, 0.2) is 0 Å². The fraction of sp³-hybridized carbons (Fsp3) is 0.500. The highest BCUT2D eigenvalue weighted by atomic mass is 79.9. The molecule has 21 heavy (non-hydrogen) atoms. The number of nitro groups is 1. The van der Waals surface area contributed by atoms with E-state index in [4.69, 9.17) is 5.73 Å².